The Balaban J connectivity index is 2.07. The van der Waals surface area contributed by atoms with Gasteiger partial charge in [-0.25, -0.2) is 4.99 Å². The number of rotatable bonds is 6. The first-order chi connectivity index (χ1) is 15.9. The Hall–Kier alpha value is -2.42. The van der Waals surface area contributed by atoms with Crippen molar-refractivity contribution in [1.82, 2.24) is 0 Å². The molecule has 13 heteroatoms. The van der Waals surface area contributed by atoms with E-state index in [-0.39, 0.29) is 17.5 Å². The summed E-state index contributed by atoms with van der Waals surface area (Å²) in [5, 5.41) is 0.315. The molecule has 0 fully saturated rings. The molecule has 2 aliphatic rings. The van der Waals surface area contributed by atoms with Gasteiger partial charge in [-0.05, 0) is 48.3 Å². The number of benzene rings is 2. The highest BCUT2D eigenvalue weighted by atomic mass is 32.2. The van der Waals surface area contributed by atoms with Gasteiger partial charge in [0, 0.05) is 16.5 Å². The Morgan fingerprint density at radius 2 is 1.57 bits per heavy atom. The van der Waals surface area contributed by atoms with Crippen LogP contribution in [0.3, 0.4) is 0 Å². The van der Waals surface area contributed by atoms with Crippen LogP contribution in [0.25, 0.3) is 17.2 Å². The molecule has 4 rings (SSSR count). The third kappa shape index (κ3) is 4.47. The fraction of sp³-hybridized carbons (Fsp3) is 0.318. The van der Waals surface area contributed by atoms with Crippen LogP contribution in [0.2, 0.25) is 0 Å². The third-order valence-corrected chi connectivity index (χ3v) is 9.12. The molecule has 0 aromatic heterocycles. The molecule has 10 nitrogen and oxygen atoms in total. The van der Waals surface area contributed by atoms with E-state index in [2.05, 4.69) is 4.99 Å². The predicted molar refractivity (Wildman–Crippen MR) is 128 cm³/mol. The van der Waals surface area contributed by atoms with Crippen molar-refractivity contribution in [1.29, 1.82) is 0 Å². The highest BCUT2D eigenvalue weighted by Gasteiger charge is 2.37. The first-order valence-electron chi connectivity index (χ1n) is 10.4. The lowest BCUT2D eigenvalue weighted by Gasteiger charge is -2.34. The van der Waals surface area contributed by atoms with E-state index in [0.717, 1.165) is 17.2 Å². The molecular formula is C22H23NO9S3. The van der Waals surface area contributed by atoms with Crippen molar-refractivity contribution < 1.29 is 38.9 Å². The normalized spacial score (nSPS) is 16.7. The number of hydrogen-bond donors (Lipinski definition) is 3. The zero-order chi connectivity index (χ0) is 26.1. The second kappa shape index (κ2) is 8.05. The maximum Gasteiger partial charge on any atom is 0.296 e. The van der Waals surface area contributed by atoms with Gasteiger partial charge in [-0.3, -0.25) is 13.7 Å². The summed E-state index contributed by atoms with van der Waals surface area (Å²) in [5.41, 5.74) is 2.01. The Morgan fingerprint density at radius 3 is 2.14 bits per heavy atom. The molecular weight excluding hydrogens is 518 g/mol. The molecule has 35 heavy (non-hydrogen) atoms. The van der Waals surface area contributed by atoms with Crippen molar-refractivity contribution in [2.45, 2.75) is 48.8 Å². The van der Waals surface area contributed by atoms with Crippen LogP contribution in [0.5, 0.6) is 0 Å². The molecule has 188 valence electrons. The van der Waals surface area contributed by atoms with Gasteiger partial charge in [-0.2, -0.15) is 25.3 Å². The summed E-state index contributed by atoms with van der Waals surface area (Å²) in [6.45, 7) is 5.62. The fourth-order valence-electron chi connectivity index (χ4n) is 4.77. The zero-order valence-corrected chi connectivity index (χ0v) is 21.4. The minimum absolute atomic E-state index is 0.124. The molecule has 0 bridgehead atoms. The average Bonchev–Trinajstić information content (AvgIpc) is 3.07. The molecule has 0 saturated carbocycles. The van der Waals surface area contributed by atoms with Crippen LogP contribution in [0.15, 0.2) is 50.2 Å². The first-order valence-corrected chi connectivity index (χ1v) is 14.9. The average molecular weight is 542 g/mol. The van der Waals surface area contributed by atoms with Crippen LogP contribution >= 0.6 is 0 Å². The van der Waals surface area contributed by atoms with Gasteiger partial charge in [0.05, 0.1) is 16.8 Å². The molecule has 2 aromatic rings. The molecule has 1 aliphatic heterocycles. The van der Waals surface area contributed by atoms with Crippen molar-refractivity contribution in [2.24, 2.45) is 4.99 Å². The van der Waals surface area contributed by atoms with E-state index >= 15 is 0 Å². The molecule has 0 spiro atoms. The smallest absolute Gasteiger partial charge is 0.286 e. The maximum atomic E-state index is 12.3. The van der Waals surface area contributed by atoms with Crippen LogP contribution in [0, 0.1) is 0 Å². The summed E-state index contributed by atoms with van der Waals surface area (Å²) >= 11 is 0. The van der Waals surface area contributed by atoms with Gasteiger partial charge in [-0.15, -0.1) is 0 Å². The van der Waals surface area contributed by atoms with Crippen LogP contribution in [-0.4, -0.2) is 44.7 Å². The number of fused-ring (bicyclic) bond motifs is 5. The second-order valence-corrected chi connectivity index (χ2v) is 13.4. The van der Waals surface area contributed by atoms with Crippen LogP contribution in [-0.2, 0) is 35.8 Å². The first kappa shape index (κ1) is 25.7. The van der Waals surface area contributed by atoms with Crippen LogP contribution < -0.4 is 10.6 Å². The second-order valence-electron chi connectivity index (χ2n) is 9.09. The molecule has 0 atom stereocenters. The number of para-hydroxylation sites is 1. The Labute approximate surface area is 203 Å². The van der Waals surface area contributed by atoms with Gasteiger partial charge in [0.1, 0.15) is 9.79 Å². The van der Waals surface area contributed by atoms with Crippen molar-refractivity contribution in [2.75, 3.05) is 5.75 Å². The lowest BCUT2D eigenvalue weighted by molar-refractivity contribution is 0.478. The molecule has 2 aromatic carbocycles. The SMILES string of the molecule is CC1=C(CCCS(=O)(=O)O)C=c2cc(S(=O)(=O)O)c3c(c2C1(C)C)-c1cccc(S(=O)(=O)O)c1N=3. The van der Waals surface area contributed by atoms with Gasteiger partial charge in [0.25, 0.3) is 30.4 Å². The quantitative estimate of drug-likeness (QED) is 0.395. The molecule has 0 amide bonds. The van der Waals surface area contributed by atoms with Gasteiger partial charge in [0.15, 0.2) is 0 Å². The molecule has 0 radical (unpaired) electrons. The molecule has 1 aliphatic carbocycles. The summed E-state index contributed by atoms with van der Waals surface area (Å²) < 4.78 is 99.5. The monoisotopic (exact) mass is 541 g/mol. The molecule has 0 unspecified atom stereocenters. The predicted octanol–water partition coefficient (Wildman–Crippen LogP) is 2.17. The molecule has 0 saturated heterocycles. The van der Waals surface area contributed by atoms with E-state index in [1.165, 1.54) is 12.1 Å². The molecule has 1 heterocycles. The minimum Gasteiger partial charge on any atom is -0.286 e. The Kier molecular flexibility index (Phi) is 5.90. The Bertz CT molecular complexity index is 1770. The maximum absolute atomic E-state index is 12.3. The van der Waals surface area contributed by atoms with Gasteiger partial charge >= 0.3 is 0 Å². The summed E-state index contributed by atoms with van der Waals surface area (Å²) in [5.74, 6) is -0.434. The third-order valence-electron chi connectivity index (χ3n) is 6.57. The van der Waals surface area contributed by atoms with E-state index in [0.29, 0.717) is 28.3 Å². The number of hydrogen-bond acceptors (Lipinski definition) is 7. The van der Waals surface area contributed by atoms with Crippen molar-refractivity contribution in [3.8, 4) is 11.1 Å². The van der Waals surface area contributed by atoms with Gasteiger partial charge in [0.2, 0.25) is 0 Å². The summed E-state index contributed by atoms with van der Waals surface area (Å²) in [6.07, 6.45) is 2.12. The summed E-state index contributed by atoms with van der Waals surface area (Å²) in [7, 11) is -13.6. The largest absolute Gasteiger partial charge is 0.296 e. The summed E-state index contributed by atoms with van der Waals surface area (Å²) in [6, 6.07) is 5.37. The van der Waals surface area contributed by atoms with Gasteiger partial charge < -0.3 is 0 Å². The highest BCUT2D eigenvalue weighted by molar-refractivity contribution is 7.86. The lowest BCUT2D eigenvalue weighted by atomic mass is 9.69. The fourth-order valence-corrected chi connectivity index (χ4v) is 6.60. The van der Waals surface area contributed by atoms with E-state index in [1.54, 1.807) is 12.1 Å². The number of allylic oxidation sites excluding steroid dienone is 2. The van der Waals surface area contributed by atoms with Crippen LogP contribution in [0.4, 0.5) is 5.69 Å². The zero-order valence-electron chi connectivity index (χ0n) is 19.0. The van der Waals surface area contributed by atoms with E-state index in [4.69, 9.17) is 4.55 Å². The summed E-state index contributed by atoms with van der Waals surface area (Å²) in [4.78, 5) is 3.23. The van der Waals surface area contributed by atoms with Crippen molar-refractivity contribution in [3.05, 3.63) is 51.6 Å². The standard InChI is InChI=1S/C22H23NO9S3/c1-12-13(6-5-9-33(24,25)26)10-14-11-17(35(30,31)32)21-18(19(14)22(12,2)3)15-7-4-8-16(20(15)23-21)34(27,28)29/h4,7-8,10-11H,5-6,9H2,1-3H3,(H,24,25,26)(H,27,28,29)(H,30,31,32). The highest BCUT2D eigenvalue weighted by Crippen LogP contribution is 2.45. The topological polar surface area (TPSA) is 175 Å². The number of nitrogens with zero attached hydrogens (tertiary/aromatic N) is 1. The van der Waals surface area contributed by atoms with E-state index in [1.807, 2.05) is 20.8 Å². The molecule has 3 N–H and O–H groups in total. The van der Waals surface area contributed by atoms with E-state index in [9.17, 15) is 34.4 Å². The van der Waals surface area contributed by atoms with Gasteiger partial charge in [-0.1, -0.05) is 37.6 Å². The Morgan fingerprint density at radius 1 is 0.943 bits per heavy atom. The van der Waals surface area contributed by atoms with E-state index < -0.39 is 51.3 Å². The minimum atomic E-state index is -4.79. The van der Waals surface area contributed by atoms with Crippen LogP contribution in [0.1, 0.15) is 39.2 Å². The lowest BCUT2D eigenvalue weighted by Crippen LogP contribution is -2.36. The van der Waals surface area contributed by atoms with Crippen molar-refractivity contribution in [3.63, 3.8) is 0 Å². The van der Waals surface area contributed by atoms with Crippen molar-refractivity contribution >= 4 is 42.1 Å².